The molecular formula is C50H34Cl2N5O8P3. The van der Waals surface area contributed by atoms with Crippen molar-refractivity contribution in [2.75, 3.05) is 0 Å². The van der Waals surface area contributed by atoms with Crippen molar-refractivity contribution >= 4 is 70.0 Å². The number of hydrogen-bond donors (Lipinski definition) is 2. The molecule has 0 saturated heterocycles. The molecule has 0 unspecified atom stereocenters. The number of halogens is 2. The second-order valence-electron chi connectivity index (χ2n) is 15.1. The molecule has 2 spiro atoms. The van der Waals surface area contributed by atoms with Crippen LogP contribution in [0.5, 0.6) is 46.0 Å². The molecular weight excluding hydrogens is 962 g/mol. The quantitative estimate of drug-likeness (QED) is 0.112. The number of para-hydroxylation sites is 6. The van der Waals surface area contributed by atoms with Crippen LogP contribution in [0, 0.1) is 0 Å². The average Bonchev–Trinajstić information content (AvgIpc) is 3.55. The van der Waals surface area contributed by atoms with E-state index in [1.807, 2.05) is 97.1 Å². The zero-order valence-electron chi connectivity index (χ0n) is 35.2. The standard InChI is InChI=1S/C50H34Cl2N5O8P3/c51-35-25-27-43(58)41(29-35)53-31-33-13-1-7-19-45(33)60-66(61-46-20-8-2-14-34(46)32-54-42-30-36(52)26-28-44(42)59)55-67(62-47-21-9-3-15-37(47)38-16-4-10-22-48(38)63-67)57-68(56-66)64-49-23-11-5-17-39(49)40-18-6-12-24-50(40)65-68/h1-32,58-59H. The first-order chi connectivity index (χ1) is 33.1. The van der Waals surface area contributed by atoms with E-state index >= 15 is 0 Å². The second-order valence-corrected chi connectivity index (χ2v) is 22.2. The topological polar surface area (TPSA) is 158 Å². The highest BCUT2D eigenvalue weighted by molar-refractivity contribution is 7.79. The minimum atomic E-state index is -4.38. The van der Waals surface area contributed by atoms with Gasteiger partial charge in [-0.2, -0.15) is 0 Å². The predicted molar refractivity (Wildman–Crippen MR) is 269 cm³/mol. The first-order valence-electron chi connectivity index (χ1n) is 20.8. The van der Waals surface area contributed by atoms with E-state index in [4.69, 9.17) is 63.9 Å². The van der Waals surface area contributed by atoms with Crippen LogP contribution in [0.25, 0.3) is 22.3 Å². The van der Waals surface area contributed by atoms with Crippen LogP contribution in [-0.4, -0.2) is 22.6 Å². The summed E-state index contributed by atoms with van der Waals surface area (Å²) >= 11 is 12.6. The summed E-state index contributed by atoms with van der Waals surface area (Å²) in [6.07, 6.45) is 3.05. The number of phenols is 2. The fourth-order valence-electron chi connectivity index (χ4n) is 7.42. The third kappa shape index (κ3) is 8.63. The summed E-state index contributed by atoms with van der Waals surface area (Å²) in [5.41, 5.74) is 4.30. The molecule has 3 aliphatic rings. The summed E-state index contributed by atoms with van der Waals surface area (Å²) in [5.74, 6) is 1.99. The van der Waals surface area contributed by atoms with Crippen LogP contribution in [-0.2, 0) is 0 Å². The number of benzene rings is 8. The lowest BCUT2D eigenvalue weighted by Gasteiger charge is -2.32. The van der Waals surface area contributed by atoms with Gasteiger partial charge in [0.2, 0.25) is 0 Å². The molecule has 0 bridgehead atoms. The van der Waals surface area contributed by atoms with E-state index in [0.29, 0.717) is 44.2 Å². The van der Waals surface area contributed by atoms with Crippen molar-refractivity contribution in [2.45, 2.75) is 0 Å². The zero-order chi connectivity index (χ0) is 46.3. The molecule has 3 heterocycles. The van der Waals surface area contributed by atoms with Gasteiger partial charge in [0.05, 0.1) is 0 Å². The first-order valence-corrected chi connectivity index (χ1v) is 26.2. The van der Waals surface area contributed by atoms with Gasteiger partial charge in [-0.1, -0.05) is 134 Å². The van der Waals surface area contributed by atoms with Crippen molar-refractivity contribution in [1.29, 1.82) is 0 Å². The molecule has 18 heteroatoms. The predicted octanol–water partition coefficient (Wildman–Crippen LogP) is 16.5. The molecule has 0 amide bonds. The fraction of sp³-hybridized carbons (Fsp3) is 0. The Kier molecular flexibility index (Phi) is 11.3. The molecule has 68 heavy (non-hydrogen) atoms. The Labute approximate surface area is 400 Å². The maximum atomic E-state index is 10.7. The number of aliphatic imine (C=N–C) groups is 2. The van der Waals surface area contributed by atoms with Gasteiger partial charge in [-0.3, -0.25) is 9.98 Å². The molecule has 8 aromatic rings. The zero-order valence-corrected chi connectivity index (χ0v) is 39.3. The van der Waals surface area contributed by atoms with Crippen molar-refractivity contribution in [1.82, 2.24) is 0 Å². The molecule has 8 aromatic carbocycles. The Morgan fingerprint density at radius 3 is 1.19 bits per heavy atom. The van der Waals surface area contributed by atoms with Gasteiger partial charge in [0.25, 0.3) is 0 Å². The number of fused-ring (bicyclic) bond motifs is 6. The lowest BCUT2D eigenvalue weighted by atomic mass is 10.0. The Morgan fingerprint density at radius 1 is 0.426 bits per heavy atom. The summed E-state index contributed by atoms with van der Waals surface area (Å²) in [6, 6.07) is 53.3. The molecule has 3 aliphatic heterocycles. The molecule has 0 fully saturated rings. The molecule has 0 aromatic heterocycles. The van der Waals surface area contributed by atoms with Crippen LogP contribution in [0.2, 0.25) is 10.0 Å². The number of rotatable bonds is 8. The van der Waals surface area contributed by atoms with Crippen LogP contribution in [0.1, 0.15) is 11.1 Å². The molecule has 13 nitrogen and oxygen atoms in total. The van der Waals surface area contributed by atoms with E-state index < -0.39 is 23.0 Å². The van der Waals surface area contributed by atoms with Crippen molar-refractivity contribution in [2.24, 2.45) is 23.5 Å². The van der Waals surface area contributed by atoms with E-state index in [9.17, 15) is 10.2 Å². The summed E-state index contributed by atoms with van der Waals surface area (Å²) < 4.78 is 58.7. The Bertz CT molecular complexity index is 3260. The van der Waals surface area contributed by atoms with Gasteiger partial charge in [-0.15, -0.1) is 0 Å². The SMILES string of the molecule is Oc1ccc(Cl)cc1N=Cc1ccccc1OP1(Oc2ccccc2C=Nc2cc(Cl)ccc2O)=NP2(=NP3(=N1)Oc1ccccc1-c1ccccc1O3)Oc1ccccc1-c1ccccc1O2. The Morgan fingerprint density at radius 2 is 0.779 bits per heavy atom. The lowest BCUT2D eigenvalue weighted by Crippen LogP contribution is -2.11. The average molecular weight is 997 g/mol. The lowest BCUT2D eigenvalue weighted by molar-refractivity contribution is 0.447. The maximum Gasteiger partial charge on any atom is 0.460 e. The van der Waals surface area contributed by atoms with Gasteiger partial charge in [0.15, 0.2) is 0 Å². The van der Waals surface area contributed by atoms with Crippen molar-refractivity contribution in [3.8, 4) is 68.2 Å². The van der Waals surface area contributed by atoms with Crippen molar-refractivity contribution in [3.05, 3.63) is 203 Å². The largest absolute Gasteiger partial charge is 0.506 e. The summed E-state index contributed by atoms with van der Waals surface area (Å²) in [7, 11) is -12.7. The second kappa shape index (κ2) is 17.8. The van der Waals surface area contributed by atoms with E-state index in [0.717, 1.165) is 22.3 Å². The normalized spacial score (nSPS) is 16.9. The minimum absolute atomic E-state index is 0.0791. The van der Waals surface area contributed by atoms with E-state index in [1.54, 1.807) is 72.8 Å². The monoisotopic (exact) mass is 995 g/mol. The van der Waals surface area contributed by atoms with Crippen LogP contribution >= 0.6 is 46.2 Å². The van der Waals surface area contributed by atoms with Crippen LogP contribution in [0.15, 0.2) is 206 Å². The molecule has 2 N–H and O–H groups in total. The summed E-state index contributed by atoms with van der Waals surface area (Å²) in [4.78, 5) is 9.18. The minimum Gasteiger partial charge on any atom is -0.506 e. The molecule has 0 saturated carbocycles. The Balaban J connectivity index is 1.19. The number of nitrogens with zero attached hydrogens (tertiary/aromatic N) is 5. The van der Waals surface area contributed by atoms with Gasteiger partial charge < -0.3 is 37.4 Å². The highest BCUT2D eigenvalue weighted by Gasteiger charge is 2.51. The third-order valence-corrected chi connectivity index (χ3v) is 19.0. The van der Waals surface area contributed by atoms with Crippen LogP contribution in [0.3, 0.4) is 0 Å². The molecule has 0 atom stereocenters. The summed E-state index contributed by atoms with van der Waals surface area (Å²) in [6.45, 7) is 0. The Hall–Kier alpha value is -7.23. The summed E-state index contributed by atoms with van der Waals surface area (Å²) in [5, 5.41) is 22.1. The number of phenolic OH excluding ortho intramolecular Hbond substituents is 2. The van der Waals surface area contributed by atoms with Crippen LogP contribution in [0.4, 0.5) is 11.4 Å². The van der Waals surface area contributed by atoms with Gasteiger partial charge in [-0.05, 0) is 84.9 Å². The fourth-order valence-corrected chi connectivity index (χ4v) is 16.9. The van der Waals surface area contributed by atoms with E-state index in [-0.39, 0.29) is 34.4 Å². The molecule has 0 aliphatic carbocycles. The van der Waals surface area contributed by atoms with E-state index in [1.165, 1.54) is 24.6 Å². The molecule has 336 valence electrons. The smallest absolute Gasteiger partial charge is 0.460 e. The van der Waals surface area contributed by atoms with Crippen LogP contribution < -0.4 is 27.1 Å². The van der Waals surface area contributed by atoms with Gasteiger partial charge in [0, 0.05) is 55.9 Å². The maximum absolute atomic E-state index is 10.7. The van der Waals surface area contributed by atoms with Gasteiger partial charge in [0.1, 0.15) is 57.4 Å². The third-order valence-electron chi connectivity index (χ3n) is 10.5. The molecule has 11 rings (SSSR count). The number of aromatic hydroxyl groups is 2. The number of hydrogen-bond acceptors (Lipinski definition) is 13. The van der Waals surface area contributed by atoms with Gasteiger partial charge >= 0.3 is 23.0 Å². The first kappa shape index (κ1) is 43.3. The van der Waals surface area contributed by atoms with Gasteiger partial charge in [-0.25, -0.2) is 0 Å². The highest BCUT2D eigenvalue weighted by Crippen LogP contribution is 2.80. The molecule has 0 radical (unpaired) electrons. The van der Waals surface area contributed by atoms with Crippen molar-refractivity contribution in [3.63, 3.8) is 0 Å². The van der Waals surface area contributed by atoms with E-state index in [2.05, 4.69) is 9.98 Å². The van der Waals surface area contributed by atoms with Crippen molar-refractivity contribution < 1.29 is 37.4 Å². The highest BCUT2D eigenvalue weighted by atomic mass is 35.5.